The molecule has 0 aliphatic carbocycles. The molecule has 0 spiro atoms. The Balaban J connectivity index is 1.59. The first kappa shape index (κ1) is 28.4. The van der Waals surface area contributed by atoms with E-state index in [0.717, 1.165) is 42.3 Å². The van der Waals surface area contributed by atoms with Gasteiger partial charge in [-0.15, -0.1) is 0 Å². The number of carbonyl (C=O) groups is 2. The fourth-order valence-electron chi connectivity index (χ4n) is 4.60. The Kier molecular flexibility index (Phi) is 10.3. The molecule has 1 aromatic heterocycles. The van der Waals surface area contributed by atoms with E-state index >= 15 is 0 Å². The van der Waals surface area contributed by atoms with Gasteiger partial charge in [0.15, 0.2) is 11.5 Å². The molecule has 3 rings (SSSR count). The number of aryl methyl sites for hydroxylation is 3. The average molecular weight is 508 g/mol. The molecule has 6 heteroatoms. The average Bonchev–Trinajstić information content (AvgIpc) is 3.25. The summed E-state index contributed by atoms with van der Waals surface area (Å²) in [7, 11) is 0. The molecule has 1 N–H and O–H groups in total. The number of hydrogen-bond acceptors (Lipinski definition) is 5. The quantitative estimate of drug-likeness (QED) is 0.184. The number of esters is 1. The first-order valence-corrected chi connectivity index (χ1v) is 13.5. The fraction of sp³-hybridized carbons (Fsp3) is 0.516. The Morgan fingerprint density at radius 2 is 1.59 bits per heavy atom. The van der Waals surface area contributed by atoms with Crippen LogP contribution in [0.25, 0.3) is 11.1 Å². The summed E-state index contributed by atoms with van der Waals surface area (Å²) in [6, 6.07) is 16.1. The number of aliphatic carboxylic acids is 1. The van der Waals surface area contributed by atoms with Gasteiger partial charge in [-0.3, -0.25) is 9.59 Å². The van der Waals surface area contributed by atoms with Gasteiger partial charge in [0.05, 0.1) is 11.8 Å². The Hall–Kier alpha value is -3.15. The van der Waals surface area contributed by atoms with E-state index in [1.54, 1.807) is 0 Å². The Labute approximate surface area is 220 Å². The van der Waals surface area contributed by atoms with Gasteiger partial charge in [-0.2, -0.15) is 0 Å². The van der Waals surface area contributed by atoms with Crippen LogP contribution in [0.15, 0.2) is 52.9 Å². The Morgan fingerprint density at radius 1 is 0.919 bits per heavy atom. The number of aromatic nitrogens is 1. The molecule has 0 fully saturated rings. The maximum atomic E-state index is 13.0. The molecule has 200 valence electrons. The lowest BCUT2D eigenvalue weighted by Gasteiger charge is -2.25. The van der Waals surface area contributed by atoms with E-state index in [-0.39, 0.29) is 12.4 Å². The van der Waals surface area contributed by atoms with E-state index in [0.29, 0.717) is 31.6 Å². The van der Waals surface area contributed by atoms with Gasteiger partial charge in [0.2, 0.25) is 0 Å². The smallest absolute Gasteiger partial charge is 0.309 e. The number of hydrogen-bond donors (Lipinski definition) is 1. The van der Waals surface area contributed by atoms with Crippen LogP contribution < -0.4 is 0 Å². The third-order valence-corrected chi connectivity index (χ3v) is 6.53. The van der Waals surface area contributed by atoms with Crippen LogP contribution >= 0.6 is 0 Å². The van der Waals surface area contributed by atoms with Crippen molar-refractivity contribution in [3.63, 3.8) is 0 Å². The van der Waals surface area contributed by atoms with Crippen molar-refractivity contribution in [3.05, 3.63) is 65.5 Å². The number of carboxylic acid groups (broad SMARTS) is 1. The highest BCUT2D eigenvalue weighted by molar-refractivity contribution is 5.75. The van der Waals surface area contributed by atoms with E-state index in [1.807, 2.05) is 45.0 Å². The second-order valence-electron chi connectivity index (χ2n) is 10.9. The predicted molar refractivity (Wildman–Crippen MR) is 145 cm³/mol. The summed E-state index contributed by atoms with van der Waals surface area (Å²) in [5.74, 6) is -1.56. The van der Waals surface area contributed by atoms with Crippen LogP contribution in [-0.4, -0.2) is 27.6 Å². The number of ether oxygens (including phenoxy) is 1. The van der Waals surface area contributed by atoms with Crippen molar-refractivity contribution in [1.29, 1.82) is 0 Å². The maximum absolute atomic E-state index is 13.0. The van der Waals surface area contributed by atoms with Gasteiger partial charge in [-0.1, -0.05) is 56.2 Å². The monoisotopic (exact) mass is 507 g/mol. The first-order valence-electron chi connectivity index (χ1n) is 13.5. The normalized spacial score (nSPS) is 13.4. The van der Waals surface area contributed by atoms with Crippen molar-refractivity contribution in [2.24, 2.45) is 11.8 Å². The Bertz CT molecular complexity index is 1110. The molecule has 0 saturated carbocycles. The number of unbranched alkanes of at least 4 members (excludes halogenated alkanes) is 1. The van der Waals surface area contributed by atoms with Crippen LogP contribution in [0.1, 0.15) is 83.2 Å². The summed E-state index contributed by atoms with van der Waals surface area (Å²) in [5, 5.41) is 9.95. The third kappa shape index (κ3) is 9.34. The number of rotatable bonds is 14. The topological polar surface area (TPSA) is 89.6 Å². The van der Waals surface area contributed by atoms with Gasteiger partial charge in [0.25, 0.3) is 0 Å². The van der Waals surface area contributed by atoms with Gasteiger partial charge in [0, 0.05) is 6.42 Å². The van der Waals surface area contributed by atoms with Crippen molar-refractivity contribution in [3.8, 4) is 0 Å². The van der Waals surface area contributed by atoms with Gasteiger partial charge < -0.3 is 14.3 Å². The number of oxazole rings is 1. The van der Waals surface area contributed by atoms with Crippen LogP contribution in [0.3, 0.4) is 0 Å². The van der Waals surface area contributed by atoms with Gasteiger partial charge >= 0.3 is 11.9 Å². The molecule has 2 aromatic carbocycles. The molecule has 0 amide bonds. The highest BCUT2D eigenvalue weighted by Gasteiger charge is 2.30. The largest absolute Gasteiger partial charge is 0.481 e. The summed E-state index contributed by atoms with van der Waals surface area (Å²) in [6.07, 6.45) is 6.38. The summed E-state index contributed by atoms with van der Waals surface area (Å²) in [4.78, 5) is 29.7. The van der Waals surface area contributed by atoms with E-state index < -0.39 is 23.4 Å². The van der Waals surface area contributed by atoms with Crippen molar-refractivity contribution in [2.45, 2.75) is 91.1 Å². The summed E-state index contributed by atoms with van der Waals surface area (Å²) >= 11 is 0. The molecule has 3 aromatic rings. The highest BCUT2D eigenvalue weighted by Crippen LogP contribution is 2.27. The lowest BCUT2D eigenvalue weighted by molar-refractivity contribution is -0.161. The zero-order valence-electron chi connectivity index (χ0n) is 22.7. The van der Waals surface area contributed by atoms with Crippen molar-refractivity contribution in [1.82, 2.24) is 4.98 Å². The van der Waals surface area contributed by atoms with Gasteiger partial charge in [0.1, 0.15) is 11.1 Å². The molecule has 37 heavy (non-hydrogen) atoms. The fourth-order valence-corrected chi connectivity index (χ4v) is 4.60. The molecule has 2 atom stereocenters. The number of benzene rings is 2. The van der Waals surface area contributed by atoms with Crippen molar-refractivity contribution < 1.29 is 23.8 Å². The standard InChI is InChI=1S/C31H41NO5/c1-5-10-22-15-17-23(18-16-22)19-20-24(29(33)34)21-25(30(35)37-31(2,3)4)11-6-9-14-28-32-26-12-7-8-13-27(26)36-28/h7-8,12-13,15-18,24-25H,5-6,9-11,14,19-21H2,1-4H3,(H,33,34). The predicted octanol–water partition coefficient (Wildman–Crippen LogP) is 7.17. The third-order valence-electron chi connectivity index (χ3n) is 6.53. The zero-order chi connectivity index (χ0) is 26.8. The van der Waals surface area contributed by atoms with E-state index in [1.165, 1.54) is 5.56 Å². The van der Waals surface area contributed by atoms with Gasteiger partial charge in [-0.05, 0) is 82.6 Å². The lowest BCUT2D eigenvalue weighted by atomic mass is 9.86. The minimum atomic E-state index is -0.859. The van der Waals surface area contributed by atoms with Gasteiger partial charge in [-0.25, -0.2) is 4.98 Å². The first-order chi connectivity index (χ1) is 17.6. The SMILES string of the molecule is CCCc1ccc(CCC(CC(CCCCc2nc3ccccc3o2)C(=O)OC(C)(C)C)C(=O)O)cc1. The number of carbonyl (C=O) groups excluding carboxylic acids is 1. The molecule has 6 nitrogen and oxygen atoms in total. The molecule has 0 radical (unpaired) electrons. The maximum Gasteiger partial charge on any atom is 0.309 e. The van der Waals surface area contributed by atoms with Crippen LogP contribution in [0.5, 0.6) is 0 Å². The minimum absolute atomic E-state index is 0.279. The summed E-state index contributed by atoms with van der Waals surface area (Å²) < 4.78 is 11.5. The number of carboxylic acids is 1. The second-order valence-corrected chi connectivity index (χ2v) is 10.9. The zero-order valence-corrected chi connectivity index (χ0v) is 22.7. The van der Waals surface area contributed by atoms with Crippen LogP contribution in [0.4, 0.5) is 0 Å². The summed E-state index contributed by atoms with van der Waals surface area (Å²) in [6.45, 7) is 7.67. The molecule has 2 unspecified atom stereocenters. The molecule has 0 aliphatic rings. The lowest BCUT2D eigenvalue weighted by Crippen LogP contribution is -2.31. The summed E-state index contributed by atoms with van der Waals surface area (Å²) in [5.41, 5.74) is 3.41. The minimum Gasteiger partial charge on any atom is -0.481 e. The molecule has 0 aliphatic heterocycles. The molecular formula is C31H41NO5. The number of nitrogens with zero attached hydrogens (tertiary/aromatic N) is 1. The second kappa shape index (κ2) is 13.4. The van der Waals surface area contributed by atoms with E-state index in [2.05, 4.69) is 36.2 Å². The molecule has 0 saturated heterocycles. The van der Waals surface area contributed by atoms with Crippen LogP contribution in [0.2, 0.25) is 0 Å². The number of para-hydroxylation sites is 2. The number of fused-ring (bicyclic) bond motifs is 1. The Morgan fingerprint density at radius 3 is 2.22 bits per heavy atom. The molecular weight excluding hydrogens is 466 g/mol. The van der Waals surface area contributed by atoms with Crippen molar-refractivity contribution >= 4 is 23.0 Å². The van der Waals surface area contributed by atoms with Crippen molar-refractivity contribution in [2.75, 3.05) is 0 Å². The molecule has 0 bridgehead atoms. The molecule has 1 heterocycles. The van der Waals surface area contributed by atoms with E-state index in [9.17, 15) is 14.7 Å². The highest BCUT2D eigenvalue weighted by atomic mass is 16.6. The van der Waals surface area contributed by atoms with Crippen LogP contribution in [0, 0.1) is 11.8 Å². The van der Waals surface area contributed by atoms with Crippen LogP contribution in [-0.2, 0) is 33.6 Å². The van der Waals surface area contributed by atoms with E-state index in [4.69, 9.17) is 9.15 Å².